The molecule has 1 saturated carbocycles. The van der Waals surface area contributed by atoms with Gasteiger partial charge in [-0.25, -0.2) is 4.79 Å². The molecule has 1 aliphatic carbocycles. The summed E-state index contributed by atoms with van der Waals surface area (Å²) in [6.45, 7) is 1.69. The van der Waals surface area contributed by atoms with Crippen molar-refractivity contribution < 1.29 is 19.1 Å². The Morgan fingerprint density at radius 1 is 1.21 bits per heavy atom. The third-order valence-corrected chi connectivity index (χ3v) is 4.34. The molecule has 0 heterocycles. The molecule has 0 saturated heterocycles. The van der Waals surface area contributed by atoms with E-state index in [1.54, 1.807) is 12.1 Å². The molecule has 0 unspecified atom stereocenters. The molecule has 1 fully saturated rings. The second-order valence-electron chi connectivity index (χ2n) is 6.17. The Morgan fingerprint density at radius 2 is 1.88 bits per heavy atom. The summed E-state index contributed by atoms with van der Waals surface area (Å²) in [5, 5.41) is 4.75. The number of esters is 1. The average Bonchev–Trinajstić information content (AvgIpc) is 3.43. The number of nitrogens with one attached hydrogen (secondary N) is 1. The summed E-state index contributed by atoms with van der Waals surface area (Å²) in [4.78, 5) is 24.2. The number of hydrogen-bond acceptors (Lipinski definition) is 4. The first-order valence-corrected chi connectivity index (χ1v) is 8.11. The first-order valence-electron chi connectivity index (χ1n) is 8.11. The van der Waals surface area contributed by atoms with Crippen LogP contribution >= 0.6 is 0 Å². The lowest BCUT2D eigenvalue weighted by Crippen LogP contribution is -2.37. The predicted molar refractivity (Wildman–Crippen MR) is 91.1 cm³/mol. The van der Waals surface area contributed by atoms with Gasteiger partial charge in [0.1, 0.15) is 11.3 Å². The Labute approximate surface area is 140 Å². The number of carbonyl (C=O) groups is 2. The fourth-order valence-electron chi connectivity index (χ4n) is 2.77. The van der Waals surface area contributed by atoms with Crippen LogP contribution < -0.4 is 10.1 Å². The van der Waals surface area contributed by atoms with E-state index in [-0.39, 0.29) is 18.6 Å². The predicted octanol–water partition coefficient (Wildman–Crippen LogP) is 2.92. The van der Waals surface area contributed by atoms with Crippen LogP contribution in [0.2, 0.25) is 0 Å². The first kappa shape index (κ1) is 16.3. The molecule has 1 N–H and O–H groups in total. The zero-order chi connectivity index (χ0) is 17.1. The van der Waals surface area contributed by atoms with Crippen LogP contribution in [0.15, 0.2) is 36.4 Å². The van der Waals surface area contributed by atoms with Crippen molar-refractivity contribution in [1.29, 1.82) is 0 Å². The van der Waals surface area contributed by atoms with Crippen LogP contribution in [0.4, 0.5) is 0 Å². The van der Waals surface area contributed by atoms with Gasteiger partial charge >= 0.3 is 5.97 Å². The number of fused-ring (bicyclic) bond motifs is 1. The van der Waals surface area contributed by atoms with Gasteiger partial charge in [0.2, 0.25) is 0 Å². The van der Waals surface area contributed by atoms with Crippen LogP contribution in [0, 0.1) is 5.92 Å². The highest BCUT2D eigenvalue weighted by molar-refractivity contribution is 5.99. The van der Waals surface area contributed by atoms with Gasteiger partial charge in [0.15, 0.2) is 6.61 Å². The van der Waals surface area contributed by atoms with Gasteiger partial charge in [-0.05, 0) is 48.6 Å². The maximum absolute atomic E-state index is 12.3. The quantitative estimate of drug-likeness (QED) is 0.829. The Balaban J connectivity index is 1.67. The second kappa shape index (κ2) is 6.91. The summed E-state index contributed by atoms with van der Waals surface area (Å²) in [5.74, 6) is 0.157. The molecule has 5 heteroatoms. The van der Waals surface area contributed by atoms with Crippen LogP contribution in [0.5, 0.6) is 5.75 Å². The van der Waals surface area contributed by atoms with E-state index in [1.807, 2.05) is 31.2 Å². The lowest BCUT2D eigenvalue weighted by Gasteiger charge is -2.13. The SMILES string of the molecule is COc1cc2ccccc2cc1C(=O)OCC(=O)N[C@H](C)C1CC1. The van der Waals surface area contributed by atoms with Gasteiger partial charge in [-0.15, -0.1) is 0 Å². The van der Waals surface area contributed by atoms with E-state index in [0.717, 1.165) is 23.6 Å². The van der Waals surface area contributed by atoms with Crippen LogP contribution in [-0.4, -0.2) is 31.6 Å². The summed E-state index contributed by atoms with van der Waals surface area (Å²) in [7, 11) is 1.50. The molecular formula is C19H21NO4. The van der Waals surface area contributed by atoms with Crippen molar-refractivity contribution in [2.24, 2.45) is 5.92 Å². The molecule has 0 aliphatic heterocycles. The van der Waals surface area contributed by atoms with Crippen LogP contribution in [0.3, 0.4) is 0 Å². The molecule has 1 atom stereocenters. The fourth-order valence-corrected chi connectivity index (χ4v) is 2.77. The molecule has 0 spiro atoms. The number of carbonyl (C=O) groups excluding carboxylic acids is 2. The highest BCUT2D eigenvalue weighted by Crippen LogP contribution is 2.32. The Morgan fingerprint density at radius 3 is 2.50 bits per heavy atom. The summed E-state index contributed by atoms with van der Waals surface area (Å²) >= 11 is 0. The van der Waals surface area contributed by atoms with Crippen LogP contribution in [0.1, 0.15) is 30.1 Å². The monoisotopic (exact) mass is 327 g/mol. The van der Waals surface area contributed by atoms with Gasteiger partial charge in [0, 0.05) is 6.04 Å². The number of methoxy groups -OCH3 is 1. The van der Waals surface area contributed by atoms with E-state index in [0.29, 0.717) is 17.2 Å². The van der Waals surface area contributed by atoms with Gasteiger partial charge in [0.05, 0.1) is 7.11 Å². The topological polar surface area (TPSA) is 64.6 Å². The lowest BCUT2D eigenvalue weighted by molar-refractivity contribution is -0.125. The summed E-state index contributed by atoms with van der Waals surface area (Å²) < 4.78 is 10.4. The van der Waals surface area contributed by atoms with Crippen molar-refractivity contribution >= 4 is 22.6 Å². The maximum atomic E-state index is 12.3. The lowest BCUT2D eigenvalue weighted by atomic mass is 10.1. The van der Waals surface area contributed by atoms with Gasteiger partial charge in [-0.2, -0.15) is 0 Å². The number of ether oxygens (including phenoxy) is 2. The Hall–Kier alpha value is -2.56. The minimum atomic E-state index is -0.563. The molecule has 24 heavy (non-hydrogen) atoms. The Kier molecular flexibility index (Phi) is 4.69. The van der Waals surface area contributed by atoms with Gasteiger partial charge in [0.25, 0.3) is 5.91 Å². The minimum Gasteiger partial charge on any atom is -0.496 e. The van der Waals surface area contributed by atoms with Crippen molar-refractivity contribution in [1.82, 2.24) is 5.32 Å². The van der Waals surface area contributed by atoms with Crippen molar-refractivity contribution in [3.05, 3.63) is 42.0 Å². The largest absolute Gasteiger partial charge is 0.496 e. The molecule has 2 aromatic carbocycles. The van der Waals surface area contributed by atoms with Crippen LogP contribution in [-0.2, 0) is 9.53 Å². The average molecular weight is 327 g/mol. The molecule has 1 amide bonds. The number of hydrogen-bond donors (Lipinski definition) is 1. The van der Waals surface area contributed by atoms with Crippen LogP contribution in [0.25, 0.3) is 10.8 Å². The van der Waals surface area contributed by atoms with E-state index in [1.165, 1.54) is 7.11 Å². The molecule has 126 valence electrons. The summed E-state index contributed by atoms with van der Waals surface area (Å²) in [6.07, 6.45) is 2.30. The van der Waals surface area contributed by atoms with Crippen molar-refractivity contribution in [3.63, 3.8) is 0 Å². The van der Waals surface area contributed by atoms with Crippen molar-refractivity contribution in [3.8, 4) is 5.75 Å². The molecule has 0 aromatic heterocycles. The highest BCUT2D eigenvalue weighted by Gasteiger charge is 2.29. The number of rotatable bonds is 6. The molecule has 1 aliphatic rings. The minimum absolute atomic E-state index is 0.131. The highest BCUT2D eigenvalue weighted by atomic mass is 16.5. The fraction of sp³-hybridized carbons (Fsp3) is 0.368. The zero-order valence-corrected chi connectivity index (χ0v) is 13.9. The van der Waals surface area contributed by atoms with E-state index in [2.05, 4.69) is 5.32 Å². The standard InChI is InChI=1S/C19H21NO4/c1-12(13-7-8-13)20-18(21)11-24-19(22)16-9-14-5-3-4-6-15(14)10-17(16)23-2/h3-6,9-10,12-13H,7-8,11H2,1-2H3,(H,20,21)/t12-/m1/s1. The van der Waals surface area contributed by atoms with E-state index >= 15 is 0 Å². The first-order chi connectivity index (χ1) is 11.6. The molecule has 2 aromatic rings. The smallest absolute Gasteiger partial charge is 0.342 e. The molecule has 0 bridgehead atoms. The maximum Gasteiger partial charge on any atom is 0.342 e. The van der Waals surface area contributed by atoms with Gasteiger partial charge in [-0.3, -0.25) is 4.79 Å². The normalized spacial score (nSPS) is 14.9. The number of amides is 1. The summed E-state index contributed by atoms with van der Waals surface area (Å²) in [5.41, 5.74) is 0.319. The van der Waals surface area contributed by atoms with Crippen molar-refractivity contribution in [2.75, 3.05) is 13.7 Å². The molecule has 5 nitrogen and oxygen atoms in total. The number of benzene rings is 2. The molecule has 3 rings (SSSR count). The molecule has 0 radical (unpaired) electrons. The van der Waals surface area contributed by atoms with Gasteiger partial charge in [-0.1, -0.05) is 24.3 Å². The zero-order valence-electron chi connectivity index (χ0n) is 13.9. The second-order valence-corrected chi connectivity index (χ2v) is 6.17. The Bertz CT molecular complexity index is 767. The van der Waals surface area contributed by atoms with E-state index < -0.39 is 5.97 Å². The summed E-state index contributed by atoms with van der Waals surface area (Å²) in [6, 6.07) is 11.3. The third kappa shape index (κ3) is 3.67. The van der Waals surface area contributed by atoms with Gasteiger partial charge < -0.3 is 14.8 Å². The van der Waals surface area contributed by atoms with E-state index in [4.69, 9.17) is 9.47 Å². The van der Waals surface area contributed by atoms with E-state index in [9.17, 15) is 9.59 Å². The molecular weight excluding hydrogens is 306 g/mol. The third-order valence-electron chi connectivity index (χ3n) is 4.34. The van der Waals surface area contributed by atoms with Crippen molar-refractivity contribution in [2.45, 2.75) is 25.8 Å².